The van der Waals surface area contributed by atoms with Crippen LogP contribution >= 0.6 is 0 Å². The average molecular weight is 228 g/mol. The van der Waals surface area contributed by atoms with E-state index in [9.17, 15) is 0 Å². The molecule has 0 saturated carbocycles. The number of nitrogens with zero attached hydrogens (tertiary/aromatic N) is 5. The maximum absolute atomic E-state index is 4.47. The van der Waals surface area contributed by atoms with Crippen LogP contribution in [0.15, 0.2) is 12.5 Å². The Kier molecular flexibility index (Phi) is 2.97. The molecule has 0 N–H and O–H groups in total. The second-order valence-corrected chi connectivity index (χ2v) is 4.25. The summed E-state index contributed by atoms with van der Waals surface area (Å²) in [4.78, 5) is 12.9. The number of imidazole rings is 1. The molecule has 0 atom stereocenters. The summed E-state index contributed by atoms with van der Waals surface area (Å²) in [6.45, 7) is 0. The summed E-state index contributed by atoms with van der Waals surface area (Å²) in [5.41, 5.74) is 1.72. The van der Waals surface area contributed by atoms with Gasteiger partial charge in [0.1, 0.15) is 5.52 Å². The van der Waals surface area contributed by atoms with E-state index in [1.165, 1.54) is 0 Å². The van der Waals surface area contributed by atoms with Crippen molar-refractivity contribution in [2.24, 2.45) is 7.05 Å². The van der Waals surface area contributed by atoms with Gasteiger partial charge in [-0.2, -0.15) is 9.97 Å². The van der Waals surface area contributed by atoms with Crippen molar-refractivity contribution in [1.29, 1.82) is 0 Å². The van der Waals surface area contributed by atoms with Crippen molar-refractivity contribution in [3.05, 3.63) is 12.5 Å². The van der Waals surface area contributed by atoms with Crippen LogP contribution in [-0.2, 0) is 7.05 Å². The molecule has 5 nitrogen and oxygen atoms in total. The van der Waals surface area contributed by atoms with Gasteiger partial charge in [0, 0.05) is 7.05 Å². The van der Waals surface area contributed by atoms with E-state index in [-0.39, 0.29) is 12.4 Å². The summed E-state index contributed by atoms with van der Waals surface area (Å²) in [5.74, 6) is 0.793. The molecule has 0 fully saturated rings. The smallest absolute Gasteiger partial charge is 0.330 e. The summed E-state index contributed by atoms with van der Waals surface area (Å²) in [6, 6.07) is 0. The molecule has 0 saturated heterocycles. The normalized spacial score (nSPS) is 11.5. The van der Waals surface area contributed by atoms with E-state index in [0.29, 0.717) is 4.48 Å². The lowest BCUT2D eigenvalue weighted by Crippen LogP contribution is -3.00. The summed E-state index contributed by atoms with van der Waals surface area (Å²) in [6.07, 6.45) is 3.51. The van der Waals surface area contributed by atoms with E-state index >= 15 is 0 Å². The predicted molar refractivity (Wildman–Crippen MR) is 55.9 cm³/mol. The quantitative estimate of drug-likeness (QED) is 0.509. The van der Waals surface area contributed by atoms with E-state index in [2.05, 4.69) is 15.0 Å². The molecule has 0 aromatic carbocycles. The Hall–Kier alpha value is -1.20. The minimum Gasteiger partial charge on any atom is -1.00 e. The standard InChI is InChI=1S/C9H14N5.ClH/c1-13-6-11-7-5-10-9(12-8(7)13)14(2,3)4;/h5-6H,1-4H3;1H/q+1;/p-1. The first-order chi connectivity index (χ1) is 6.48. The maximum Gasteiger partial charge on any atom is 0.330 e. The van der Waals surface area contributed by atoms with Gasteiger partial charge in [0.25, 0.3) is 0 Å². The number of aryl methyl sites for hydroxylation is 1. The molecule has 0 aliphatic rings. The average Bonchev–Trinajstić information content (AvgIpc) is 2.46. The first kappa shape index (κ1) is 11.9. The molecule has 0 spiro atoms. The van der Waals surface area contributed by atoms with Crippen LogP contribution in [0.5, 0.6) is 0 Å². The summed E-state index contributed by atoms with van der Waals surface area (Å²) < 4.78 is 2.51. The fraction of sp³-hybridized carbons (Fsp3) is 0.444. The van der Waals surface area contributed by atoms with E-state index in [0.717, 1.165) is 17.1 Å². The van der Waals surface area contributed by atoms with Crippen LogP contribution in [0.1, 0.15) is 0 Å². The van der Waals surface area contributed by atoms with Crippen LogP contribution in [0.25, 0.3) is 11.2 Å². The van der Waals surface area contributed by atoms with Gasteiger partial charge in [-0.1, -0.05) is 0 Å². The van der Waals surface area contributed by atoms with Crippen LogP contribution in [0, 0.1) is 0 Å². The Morgan fingerprint density at radius 1 is 1.20 bits per heavy atom. The highest BCUT2D eigenvalue weighted by atomic mass is 35.5. The number of hydrogen-bond acceptors (Lipinski definition) is 3. The van der Waals surface area contributed by atoms with E-state index in [1.54, 1.807) is 12.5 Å². The third kappa shape index (κ3) is 2.08. The Bertz CT molecular complexity index is 471. The molecule has 6 heteroatoms. The van der Waals surface area contributed by atoms with Crippen LogP contribution < -0.4 is 16.9 Å². The predicted octanol–water partition coefficient (Wildman–Crippen LogP) is -2.44. The first-order valence-electron chi connectivity index (χ1n) is 4.44. The van der Waals surface area contributed by atoms with Gasteiger partial charge in [0.2, 0.25) is 0 Å². The molecular weight excluding hydrogens is 214 g/mol. The zero-order chi connectivity index (χ0) is 10.3. The maximum atomic E-state index is 4.47. The third-order valence-corrected chi connectivity index (χ3v) is 2.04. The molecular formula is C9H14ClN5. The second kappa shape index (κ2) is 3.75. The number of quaternary nitrogens is 1. The van der Waals surface area contributed by atoms with Crippen molar-refractivity contribution in [1.82, 2.24) is 24.0 Å². The van der Waals surface area contributed by atoms with Crippen molar-refractivity contribution in [2.75, 3.05) is 21.1 Å². The van der Waals surface area contributed by atoms with Gasteiger partial charge in [-0.15, -0.1) is 0 Å². The molecule has 2 heterocycles. The van der Waals surface area contributed by atoms with Gasteiger partial charge in [-0.05, 0) is 0 Å². The first-order valence-corrected chi connectivity index (χ1v) is 4.44. The molecule has 2 aromatic heterocycles. The molecule has 0 aliphatic heterocycles. The zero-order valence-corrected chi connectivity index (χ0v) is 10.0. The summed E-state index contributed by atoms with van der Waals surface area (Å²) >= 11 is 0. The van der Waals surface area contributed by atoms with Gasteiger partial charge in [-0.25, -0.2) is 4.98 Å². The molecule has 2 aromatic rings. The Balaban J connectivity index is 0.00000112. The zero-order valence-electron chi connectivity index (χ0n) is 9.27. The van der Waals surface area contributed by atoms with Gasteiger partial charge in [0.15, 0.2) is 5.65 Å². The van der Waals surface area contributed by atoms with Gasteiger partial charge in [-0.3, -0.25) is 4.48 Å². The fourth-order valence-electron chi connectivity index (χ4n) is 1.23. The molecule has 0 radical (unpaired) electrons. The topological polar surface area (TPSA) is 43.6 Å². The molecule has 15 heavy (non-hydrogen) atoms. The molecule has 0 bridgehead atoms. The monoisotopic (exact) mass is 227 g/mol. The van der Waals surface area contributed by atoms with Gasteiger partial charge < -0.3 is 17.0 Å². The fourth-order valence-corrected chi connectivity index (χ4v) is 1.23. The highest BCUT2D eigenvalue weighted by Crippen LogP contribution is 2.14. The van der Waals surface area contributed by atoms with Crippen molar-refractivity contribution < 1.29 is 12.4 Å². The summed E-state index contributed by atoms with van der Waals surface area (Å²) in [5, 5.41) is 0. The van der Waals surface area contributed by atoms with Crippen molar-refractivity contribution in [3.63, 3.8) is 0 Å². The van der Waals surface area contributed by atoms with Crippen LogP contribution in [0.2, 0.25) is 0 Å². The largest absolute Gasteiger partial charge is 1.00 e. The number of hydrogen-bond donors (Lipinski definition) is 0. The van der Waals surface area contributed by atoms with Crippen molar-refractivity contribution in [3.8, 4) is 0 Å². The lowest BCUT2D eigenvalue weighted by Gasteiger charge is -2.19. The van der Waals surface area contributed by atoms with E-state index in [1.807, 2.05) is 32.8 Å². The number of fused-ring (bicyclic) bond motifs is 1. The van der Waals surface area contributed by atoms with E-state index < -0.39 is 0 Å². The Labute approximate surface area is 94.8 Å². The van der Waals surface area contributed by atoms with Crippen molar-refractivity contribution >= 4 is 17.1 Å². The van der Waals surface area contributed by atoms with Crippen LogP contribution in [0.4, 0.5) is 5.95 Å². The highest BCUT2D eigenvalue weighted by molar-refractivity contribution is 5.70. The van der Waals surface area contributed by atoms with Crippen LogP contribution in [0.3, 0.4) is 0 Å². The summed E-state index contributed by atoms with van der Waals surface area (Å²) in [7, 11) is 8.05. The molecule has 82 valence electrons. The number of rotatable bonds is 1. The minimum absolute atomic E-state index is 0. The van der Waals surface area contributed by atoms with Gasteiger partial charge in [0.05, 0.1) is 33.7 Å². The van der Waals surface area contributed by atoms with E-state index in [4.69, 9.17) is 0 Å². The minimum atomic E-state index is 0. The molecule has 0 unspecified atom stereocenters. The SMILES string of the molecule is Cn1cnc2cnc([N+](C)(C)C)nc21.[Cl-]. The molecule has 0 aliphatic carbocycles. The molecule has 0 amide bonds. The third-order valence-electron chi connectivity index (χ3n) is 2.04. The second-order valence-electron chi connectivity index (χ2n) is 4.25. The number of aromatic nitrogens is 4. The lowest BCUT2D eigenvalue weighted by molar-refractivity contribution is -0.00000340. The van der Waals surface area contributed by atoms with Crippen molar-refractivity contribution in [2.45, 2.75) is 0 Å². The van der Waals surface area contributed by atoms with Gasteiger partial charge >= 0.3 is 5.95 Å². The molecule has 2 rings (SSSR count). The number of halogens is 1. The highest BCUT2D eigenvalue weighted by Gasteiger charge is 2.17. The Morgan fingerprint density at radius 2 is 1.87 bits per heavy atom. The van der Waals surface area contributed by atoms with Crippen LogP contribution in [-0.4, -0.2) is 40.7 Å². The lowest BCUT2D eigenvalue weighted by atomic mass is 10.5. The Morgan fingerprint density at radius 3 is 2.47 bits per heavy atom.